The Balaban J connectivity index is 0.860. The van der Waals surface area contributed by atoms with Gasteiger partial charge in [0.1, 0.15) is 39.6 Å². The van der Waals surface area contributed by atoms with Crippen LogP contribution in [0, 0.1) is 0 Å². The molecule has 0 radical (unpaired) electrons. The van der Waals surface area contributed by atoms with Crippen molar-refractivity contribution >= 4 is 83.5 Å². The Morgan fingerprint density at radius 1 is 0.348 bits per heavy atom. The molecule has 306 valence electrons. The van der Waals surface area contributed by atoms with Crippen LogP contribution < -0.4 is 20.3 Å². The third-order valence-electron chi connectivity index (χ3n) is 13.9. The summed E-state index contributed by atoms with van der Waals surface area (Å²) in [6.07, 6.45) is 0. The molecule has 66 heavy (non-hydrogen) atoms. The standard InChI is InChI=1S/C60H34BNO4/c1-5-19-51-42(13-1)43-14-2-6-20-52(43)62(51)40-25-28-55-48(34-40)46-17-10-16-41(60(46)65-55)39-31-49-45-26-23-38(32-57(45)66-61-50-18-4-8-22-56(50)64-58(33-39)59(49)61)36-12-9-11-35(29-36)37-24-27-54-47(30-37)44-15-3-7-21-53(44)63-54/h1-34H. The van der Waals surface area contributed by atoms with Crippen LogP contribution in [0.15, 0.2) is 215 Å². The second kappa shape index (κ2) is 13.4. The lowest BCUT2D eigenvalue weighted by Crippen LogP contribution is -2.53. The minimum absolute atomic E-state index is 0.333. The molecule has 3 aromatic heterocycles. The van der Waals surface area contributed by atoms with E-state index in [9.17, 15) is 0 Å². The molecule has 10 aromatic carbocycles. The van der Waals surface area contributed by atoms with Gasteiger partial charge in [-0.1, -0.05) is 127 Å². The normalized spacial score (nSPS) is 12.8. The number of furan rings is 2. The van der Waals surface area contributed by atoms with Gasteiger partial charge in [0.2, 0.25) is 0 Å². The Kier molecular flexibility index (Phi) is 7.24. The molecule has 0 aliphatic carbocycles. The van der Waals surface area contributed by atoms with Crippen LogP contribution in [0.2, 0.25) is 0 Å². The Labute approximate surface area is 378 Å². The fourth-order valence-corrected chi connectivity index (χ4v) is 10.8. The van der Waals surface area contributed by atoms with Crippen LogP contribution in [0.5, 0.6) is 17.2 Å². The number of fused-ring (bicyclic) bond motifs is 13. The second-order valence-corrected chi connectivity index (χ2v) is 17.5. The lowest BCUT2D eigenvalue weighted by atomic mass is 9.50. The molecule has 5 heterocycles. The van der Waals surface area contributed by atoms with E-state index in [0.717, 1.165) is 122 Å². The lowest BCUT2D eigenvalue weighted by Gasteiger charge is -2.33. The van der Waals surface area contributed by atoms with Crippen molar-refractivity contribution in [1.29, 1.82) is 0 Å². The van der Waals surface area contributed by atoms with Crippen LogP contribution in [0.25, 0.3) is 116 Å². The van der Waals surface area contributed by atoms with Crippen LogP contribution in [0.3, 0.4) is 0 Å². The van der Waals surface area contributed by atoms with Gasteiger partial charge < -0.3 is 22.8 Å². The smallest absolute Gasteiger partial charge is 0.434 e. The average Bonchev–Trinajstić information content (AvgIpc) is 4.05. The highest BCUT2D eigenvalue weighted by Gasteiger charge is 2.41. The van der Waals surface area contributed by atoms with Crippen LogP contribution in [0.1, 0.15) is 0 Å². The SMILES string of the molecule is c1cc(-c2ccc3c(c2)OB2c4ccccc4Oc4cc(-c5cccc6c5oc5ccc(-n7c8ccccc8c8ccccc87)cc56)cc-3c42)cc(-c2ccc3oc4ccccc4c3c2)c1. The average molecular weight is 844 g/mol. The molecule has 0 fully saturated rings. The van der Waals surface area contributed by atoms with Crippen molar-refractivity contribution in [3.8, 4) is 67.4 Å². The molecule has 0 saturated carbocycles. The van der Waals surface area contributed by atoms with Crippen molar-refractivity contribution < 1.29 is 18.2 Å². The van der Waals surface area contributed by atoms with Crippen LogP contribution in [0.4, 0.5) is 0 Å². The van der Waals surface area contributed by atoms with Crippen molar-refractivity contribution in [2.24, 2.45) is 0 Å². The van der Waals surface area contributed by atoms with E-state index in [-0.39, 0.29) is 6.92 Å². The van der Waals surface area contributed by atoms with Crippen molar-refractivity contribution in [3.63, 3.8) is 0 Å². The number of aromatic nitrogens is 1. The summed E-state index contributed by atoms with van der Waals surface area (Å²) in [5, 5.41) is 6.85. The predicted octanol–water partition coefficient (Wildman–Crippen LogP) is 14.9. The summed E-state index contributed by atoms with van der Waals surface area (Å²) in [5.74, 6) is 2.42. The maximum Gasteiger partial charge on any atom is 0.434 e. The number of rotatable bonds is 4. The molecule has 0 unspecified atom stereocenters. The zero-order chi connectivity index (χ0) is 43.0. The molecule has 15 rings (SSSR count). The number of hydrogen-bond donors (Lipinski definition) is 0. The highest BCUT2D eigenvalue weighted by molar-refractivity contribution is 6.84. The van der Waals surface area contributed by atoms with Crippen molar-refractivity contribution in [3.05, 3.63) is 206 Å². The maximum absolute atomic E-state index is 7.06. The molecule has 13 aromatic rings. The summed E-state index contributed by atoms with van der Waals surface area (Å²) in [7, 11) is 0. The molecule has 2 aliphatic rings. The first kappa shape index (κ1) is 35.7. The number of nitrogens with zero attached hydrogens (tertiary/aromatic N) is 1. The van der Waals surface area contributed by atoms with Gasteiger partial charge >= 0.3 is 6.92 Å². The third kappa shape index (κ3) is 5.12. The van der Waals surface area contributed by atoms with Gasteiger partial charge in [0.05, 0.1) is 11.0 Å². The Morgan fingerprint density at radius 2 is 0.985 bits per heavy atom. The van der Waals surface area contributed by atoms with E-state index in [1.54, 1.807) is 0 Å². The molecule has 0 spiro atoms. The zero-order valence-corrected chi connectivity index (χ0v) is 35.3. The number of benzene rings is 10. The first-order valence-corrected chi connectivity index (χ1v) is 22.4. The first-order valence-electron chi connectivity index (χ1n) is 22.4. The summed E-state index contributed by atoms with van der Waals surface area (Å²) in [5.41, 5.74) is 17.6. The Bertz CT molecular complexity index is 4160. The van der Waals surface area contributed by atoms with E-state index < -0.39 is 0 Å². The monoisotopic (exact) mass is 843 g/mol. The van der Waals surface area contributed by atoms with Crippen molar-refractivity contribution in [2.75, 3.05) is 0 Å². The molecule has 0 N–H and O–H groups in total. The van der Waals surface area contributed by atoms with Gasteiger partial charge in [-0.15, -0.1) is 0 Å². The van der Waals surface area contributed by atoms with Gasteiger partial charge in [0.15, 0.2) is 0 Å². The first-order chi connectivity index (χ1) is 32.7. The summed E-state index contributed by atoms with van der Waals surface area (Å²) < 4.78 is 29.2. The number of hydrogen-bond acceptors (Lipinski definition) is 4. The second-order valence-electron chi connectivity index (χ2n) is 17.5. The molecule has 0 bridgehead atoms. The quantitative estimate of drug-likeness (QED) is 0.166. The van der Waals surface area contributed by atoms with E-state index >= 15 is 0 Å². The van der Waals surface area contributed by atoms with Gasteiger partial charge in [0, 0.05) is 60.1 Å². The van der Waals surface area contributed by atoms with Gasteiger partial charge in [-0.25, -0.2) is 0 Å². The maximum atomic E-state index is 7.06. The van der Waals surface area contributed by atoms with Gasteiger partial charge in [-0.2, -0.15) is 0 Å². The summed E-state index contributed by atoms with van der Waals surface area (Å²) >= 11 is 0. The molecular formula is C60H34BNO4. The van der Waals surface area contributed by atoms with E-state index in [4.69, 9.17) is 18.2 Å². The summed E-state index contributed by atoms with van der Waals surface area (Å²) in [6.45, 7) is -0.333. The van der Waals surface area contributed by atoms with E-state index in [1.165, 1.54) is 21.8 Å². The fourth-order valence-electron chi connectivity index (χ4n) is 10.8. The van der Waals surface area contributed by atoms with Crippen LogP contribution in [-0.2, 0) is 0 Å². The third-order valence-corrected chi connectivity index (χ3v) is 13.9. The van der Waals surface area contributed by atoms with E-state index in [1.807, 2.05) is 24.3 Å². The van der Waals surface area contributed by atoms with E-state index in [0.29, 0.717) is 0 Å². The van der Waals surface area contributed by atoms with Crippen LogP contribution in [-0.4, -0.2) is 11.5 Å². The molecule has 6 heteroatoms. The van der Waals surface area contributed by atoms with E-state index in [2.05, 4.69) is 187 Å². The minimum Gasteiger partial charge on any atom is -0.551 e. The molecule has 2 aliphatic heterocycles. The molecule has 5 nitrogen and oxygen atoms in total. The predicted molar refractivity (Wildman–Crippen MR) is 269 cm³/mol. The summed E-state index contributed by atoms with van der Waals surface area (Å²) in [6, 6.07) is 73.0. The molecule has 0 saturated heterocycles. The molecule has 0 atom stereocenters. The highest BCUT2D eigenvalue weighted by Crippen LogP contribution is 2.46. The largest absolute Gasteiger partial charge is 0.551 e. The molecular weight excluding hydrogens is 809 g/mol. The number of ether oxygens (including phenoxy) is 1. The molecule has 0 amide bonds. The Hall–Kier alpha value is -8.74. The van der Waals surface area contributed by atoms with Gasteiger partial charge in [-0.05, 0) is 112 Å². The minimum atomic E-state index is -0.333. The van der Waals surface area contributed by atoms with Crippen LogP contribution >= 0.6 is 0 Å². The van der Waals surface area contributed by atoms with Crippen molar-refractivity contribution in [1.82, 2.24) is 4.57 Å². The van der Waals surface area contributed by atoms with Crippen molar-refractivity contribution in [2.45, 2.75) is 0 Å². The topological polar surface area (TPSA) is 49.7 Å². The number of para-hydroxylation sites is 5. The highest BCUT2D eigenvalue weighted by atomic mass is 16.5. The Morgan fingerprint density at radius 3 is 1.85 bits per heavy atom. The lowest BCUT2D eigenvalue weighted by molar-refractivity contribution is 0.479. The van der Waals surface area contributed by atoms with Gasteiger partial charge in [0.25, 0.3) is 0 Å². The fraction of sp³-hybridized carbons (Fsp3) is 0. The zero-order valence-electron chi connectivity index (χ0n) is 35.3. The summed E-state index contributed by atoms with van der Waals surface area (Å²) in [4.78, 5) is 0. The van der Waals surface area contributed by atoms with Gasteiger partial charge in [-0.3, -0.25) is 0 Å².